The third-order valence-corrected chi connectivity index (χ3v) is 2.85. The maximum Gasteiger partial charge on any atom is 0.252 e. The summed E-state index contributed by atoms with van der Waals surface area (Å²) in [6.45, 7) is 3.07. The van der Waals surface area contributed by atoms with Crippen molar-refractivity contribution >= 4 is 0 Å². The Balaban J connectivity index is 1.84. The highest BCUT2D eigenvalue weighted by atomic mass is 16.1. The van der Waals surface area contributed by atoms with Crippen molar-refractivity contribution in [1.29, 1.82) is 0 Å². The fourth-order valence-electron chi connectivity index (χ4n) is 1.83. The molecule has 0 fully saturated rings. The van der Waals surface area contributed by atoms with E-state index in [-0.39, 0.29) is 11.1 Å². The maximum atomic E-state index is 11.6. The summed E-state index contributed by atoms with van der Waals surface area (Å²) in [5.74, 6) is 0. The molecule has 2 aromatic rings. The number of rotatable bonds is 5. The molecule has 0 unspecified atom stereocenters. The first-order valence-electron chi connectivity index (χ1n) is 6.23. The van der Waals surface area contributed by atoms with Crippen molar-refractivity contribution in [3.63, 3.8) is 0 Å². The van der Waals surface area contributed by atoms with E-state index < -0.39 is 0 Å². The Morgan fingerprint density at radius 2 is 1.95 bits per heavy atom. The van der Waals surface area contributed by atoms with E-state index in [9.17, 15) is 9.59 Å². The van der Waals surface area contributed by atoms with Crippen molar-refractivity contribution in [1.82, 2.24) is 15.3 Å². The lowest BCUT2D eigenvalue weighted by atomic mass is 10.2. The number of hydrogen-bond acceptors (Lipinski definition) is 3. The van der Waals surface area contributed by atoms with E-state index in [1.54, 1.807) is 6.07 Å². The highest BCUT2D eigenvalue weighted by Gasteiger charge is 1.99. The zero-order chi connectivity index (χ0) is 13.7. The minimum absolute atomic E-state index is 0.0550. The van der Waals surface area contributed by atoms with Crippen LogP contribution in [0.3, 0.4) is 0 Å². The van der Waals surface area contributed by atoms with Crippen LogP contribution in [0.4, 0.5) is 0 Å². The number of aromatic amines is 2. The first-order chi connectivity index (χ1) is 9.15. The van der Waals surface area contributed by atoms with Crippen LogP contribution < -0.4 is 16.4 Å². The van der Waals surface area contributed by atoms with Crippen molar-refractivity contribution in [2.45, 2.75) is 19.9 Å². The fraction of sp³-hybridized carbons (Fsp3) is 0.286. The van der Waals surface area contributed by atoms with Crippen LogP contribution in [0, 0.1) is 6.92 Å². The predicted molar refractivity (Wildman–Crippen MR) is 74.3 cm³/mol. The van der Waals surface area contributed by atoms with Crippen molar-refractivity contribution < 1.29 is 0 Å². The van der Waals surface area contributed by atoms with Gasteiger partial charge >= 0.3 is 0 Å². The molecule has 0 saturated carbocycles. The predicted octanol–water partition coefficient (Wildman–Crippen LogP) is 0.704. The molecule has 0 aliphatic rings. The summed E-state index contributed by atoms with van der Waals surface area (Å²) in [5, 5.41) is 3.19. The highest BCUT2D eigenvalue weighted by molar-refractivity contribution is 5.13. The molecule has 0 aliphatic carbocycles. The Labute approximate surface area is 110 Å². The second-order valence-electron chi connectivity index (χ2n) is 4.46. The molecule has 5 heteroatoms. The number of nitrogens with one attached hydrogen (secondary N) is 3. The van der Waals surface area contributed by atoms with Crippen molar-refractivity contribution in [3.8, 4) is 0 Å². The second-order valence-corrected chi connectivity index (χ2v) is 4.46. The minimum atomic E-state index is -0.0903. The average molecular weight is 259 g/mol. The summed E-state index contributed by atoms with van der Waals surface area (Å²) in [6.07, 6.45) is 0.722. The first-order valence-corrected chi connectivity index (χ1v) is 6.23. The van der Waals surface area contributed by atoms with Gasteiger partial charge in [0.05, 0.1) is 0 Å². The second kappa shape index (κ2) is 6.15. The molecule has 0 aromatic carbocycles. The topological polar surface area (TPSA) is 77.8 Å². The normalized spacial score (nSPS) is 10.6. The van der Waals surface area contributed by atoms with Crippen LogP contribution in [0.5, 0.6) is 0 Å². The van der Waals surface area contributed by atoms with E-state index in [0.717, 1.165) is 17.8 Å². The molecule has 0 radical (unpaired) electrons. The van der Waals surface area contributed by atoms with Crippen molar-refractivity contribution in [2.75, 3.05) is 6.54 Å². The quantitative estimate of drug-likeness (QED) is 0.692. The first kappa shape index (κ1) is 13.3. The monoisotopic (exact) mass is 259 g/mol. The van der Waals surface area contributed by atoms with Crippen LogP contribution in [0.25, 0.3) is 0 Å². The molecule has 0 saturated heterocycles. The lowest BCUT2D eigenvalue weighted by molar-refractivity contribution is 0.674. The van der Waals surface area contributed by atoms with Gasteiger partial charge in [-0.05, 0) is 19.1 Å². The summed E-state index contributed by atoms with van der Waals surface area (Å²) in [6, 6.07) is 8.81. The van der Waals surface area contributed by atoms with E-state index in [0.29, 0.717) is 18.7 Å². The van der Waals surface area contributed by atoms with Gasteiger partial charge in [-0.1, -0.05) is 12.1 Å². The molecule has 3 N–H and O–H groups in total. The van der Waals surface area contributed by atoms with E-state index in [4.69, 9.17) is 0 Å². The fourth-order valence-corrected chi connectivity index (χ4v) is 1.83. The molecule has 0 bridgehead atoms. The van der Waals surface area contributed by atoms with Crippen molar-refractivity contribution in [3.05, 3.63) is 68.0 Å². The third kappa shape index (κ3) is 3.93. The van der Waals surface area contributed by atoms with Gasteiger partial charge in [-0.2, -0.15) is 0 Å². The highest BCUT2D eigenvalue weighted by Crippen LogP contribution is 1.94. The van der Waals surface area contributed by atoms with Gasteiger partial charge < -0.3 is 15.3 Å². The molecule has 100 valence electrons. The molecule has 19 heavy (non-hydrogen) atoms. The Hall–Kier alpha value is -2.14. The van der Waals surface area contributed by atoms with E-state index >= 15 is 0 Å². The smallest absolute Gasteiger partial charge is 0.252 e. The molecule has 5 nitrogen and oxygen atoms in total. The Morgan fingerprint density at radius 1 is 1.11 bits per heavy atom. The Kier molecular flexibility index (Phi) is 4.30. The van der Waals surface area contributed by atoms with E-state index in [1.807, 2.05) is 25.1 Å². The van der Waals surface area contributed by atoms with Crippen LogP contribution in [-0.4, -0.2) is 16.5 Å². The molecule has 0 atom stereocenters. The third-order valence-electron chi connectivity index (χ3n) is 2.85. The van der Waals surface area contributed by atoms with Gasteiger partial charge in [0.1, 0.15) is 0 Å². The summed E-state index contributed by atoms with van der Waals surface area (Å²) in [7, 11) is 0. The number of aromatic nitrogens is 2. The number of H-pyrrole nitrogens is 2. The van der Waals surface area contributed by atoms with Gasteiger partial charge in [-0.3, -0.25) is 9.59 Å². The van der Waals surface area contributed by atoms with E-state index in [1.165, 1.54) is 6.07 Å². The van der Waals surface area contributed by atoms with Gasteiger partial charge in [0.15, 0.2) is 0 Å². The Morgan fingerprint density at radius 3 is 2.68 bits per heavy atom. The van der Waals surface area contributed by atoms with Gasteiger partial charge in [-0.15, -0.1) is 0 Å². The van der Waals surface area contributed by atoms with Gasteiger partial charge in [0.2, 0.25) is 5.56 Å². The SMILES string of the molecule is Cc1ccc(CNCCc2cccc(=O)[nH]2)c(=O)[nH]1. The zero-order valence-electron chi connectivity index (χ0n) is 10.8. The molecule has 0 spiro atoms. The van der Waals surface area contributed by atoms with Gasteiger partial charge in [-0.25, -0.2) is 0 Å². The standard InChI is InChI=1S/C14H17N3O2/c1-10-5-6-11(14(19)16-10)9-15-8-7-12-3-2-4-13(18)17-12/h2-6,15H,7-9H2,1H3,(H,16,19)(H,17,18). The van der Waals surface area contributed by atoms with Crippen molar-refractivity contribution in [2.24, 2.45) is 0 Å². The summed E-state index contributed by atoms with van der Waals surface area (Å²) in [5.41, 5.74) is 2.31. The molecule has 0 aliphatic heterocycles. The van der Waals surface area contributed by atoms with Gasteiger partial charge in [0, 0.05) is 42.5 Å². The van der Waals surface area contributed by atoms with Crippen LogP contribution in [0.1, 0.15) is 17.0 Å². The van der Waals surface area contributed by atoms with Crippen LogP contribution in [-0.2, 0) is 13.0 Å². The van der Waals surface area contributed by atoms with Crippen LogP contribution in [0.2, 0.25) is 0 Å². The summed E-state index contributed by atoms with van der Waals surface area (Å²) in [4.78, 5) is 28.2. The summed E-state index contributed by atoms with van der Waals surface area (Å²) < 4.78 is 0. The van der Waals surface area contributed by atoms with E-state index in [2.05, 4.69) is 15.3 Å². The van der Waals surface area contributed by atoms with Crippen LogP contribution in [0.15, 0.2) is 39.9 Å². The lowest BCUT2D eigenvalue weighted by Crippen LogP contribution is -2.23. The Bertz CT molecular complexity index is 658. The molecule has 2 rings (SSSR count). The zero-order valence-corrected chi connectivity index (χ0v) is 10.8. The number of pyridine rings is 2. The minimum Gasteiger partial charge on any atom is -0.326 e. The number of hydrogen-bond donors (Lipinski definition) is 3. The largest absolute Gasteiger partial charge is 0.326 e. The number of aryl methyl sites for hydroxylation is 1. The van der Waals surface area contributed by atoms with Gasteiger partial charge in [0.25, 0.3) is 5.56 Å². The maximum absolute atomic E-state index is 11.6. The summed E-state index contributed by atoms with van der Waals surface area (Å²) >= 11 is 0. The molecular weight excluding hydrogens is 242 g/mol. The molecule has 0 amide bonds. The molecule has 2 aromatic heterocycles. The van der Waals surface area contributed by atoms with Crippen LogP contribution >= 0.6 is 0 Å². The lowest BCUT2D eigenvalue weighted by Gasteiger charge is -2.05. The average Bonchev–Trinajstić information content (AvgIpc) is 2.37. The molecular formula is C14H17N3O2. The molecule has 2 heterocycles.